The number of alkyl halides is 3. The summed E-state index contributed by atoms with van der Waals surface area (Å²) in [6, 6.07) is 11.9. The van der Waals surface area contributed by atoms with E-state index in [1.165, 1.54) is 12.1 Å². The van der Waals surface area contributed by atoms with Crippen LogP contribution in [0, 0.1) is 11.8 Å². The molecule has 2 amide bonds. The summed E-state index contributed by atoms with van der Waals surface area (Å²) in [5.41, 5.74) is 0.0112. The normalized spacial score (nSPS) is 15.1. The summed E-state index contributed by atoms with van der Waals surface area (Å²) in [6.45, 7) is 1.22. The second-order valence-electron chi connectivity index (χ2n) is 9.07. The number of ether oxygens (including phenoxy) is 1. The molecule has 1 unspecified atom stereocenters. The van der Waals surface area contributed by atoms with Gasteiger partial charge in [-0.1, -0.05) is 25.3 Å². The zero-order valence-corrected chi connectivity index (χ0v) is 20.5. The van der Waals surface area contributed by atoms with Gasteiger partial charge in [0, 0.05) is 36.8 Å². The van der Waals surface area contributed by atoms with Gasteiger partial charge in [0.05, 0.1) is 12.7 Å². The summed E-state index contributed by atoms with van der Waals surface area (Å²) in [5, 5.41) is 8.95. The fourth-order valence-electron chi connectivity index (χ4n) is 4.63. The first-order valence-corrected chi connectivity index (χ1v) is 12.4. The van der Waals surface area contributed by atoms with Crippen molar-refractivity contribution >= 4 is 17.5 Å². The molecule has 3 rings (SSSR count). The van der Waals surface area contributed by atoms with Gasteiger partial charge in [-0.3, -0.25) is 9.59 Å². The highest BCUT2D eigenvalue weighted by Gasteiger charge is 2.31. The molecular weight excluding hydrogens is 471 g/mol. The second kappa shape index (κ2) is 13.2. The molecule has 196 valence electrons. The number of amides is 2. The summed E-state index contributed by atoms with van der Waals surface area (Å²) in [4.78, 5) is 25.5. The van der Waals surface area contributed by atoms with Gasteiger partial charge in [-0.05, 0) is 67.6 Å². The van der Waals surface area contributed by atoms with Gasteiger partial charge in [-0.2, -0.15) is 13.2 Å². The van der Waals surface area contributed by atoms with Crippen molar-refractivity contribution in [3.05, 3.63) is 59.7 Å². The number of carbonyl (C=O) groups is 2. The number of methoxy groups -OCH3 is 1. The van der Waals surface area contributed by atoms with Crippen LogP contribution in [0.5, 0.6) is 5.75 Å². The third-order valence-corrected chi connectivity index (χ3v) is 6.59. The standard InChI is InChI=1S/C27H34F3N3O3/c1-36-23-12-10-22(11-13-23)31-16-17-33-26(35)24(19-6-3-2-4-7-19)14-15-32-25(34)20-8-5-9-21(18-20)27(28,29)30/h5,8-13,18-19,24,31H,2-4,6-7,14-17H2,1H3,(H,32,34)(H,33,35). The maximum atomic E-state index is 13.0. The molecule has 0 radical (unpaired) electrons. The molecule has 2 aromatic rings. The summed E-state index contributed by atoms with van der Waals surface area (Å²) < 4.78 is 44.0. The Hall–Kier alpha value is -3.23. The van der Waals surface area contributed by atoms with E-state index in [2.05, 4.69) is 16.0 Å². The van der Waals surface area contributed by atoms with Gasteiger partial charge < -0.3 is 20.7 Å². The highest BCUT2D eigenvalue weighted by atomic mass is 19.4. The molecule has 0 spiro atoms. The minimum absolute atomic E-state index is 0.0481. The molecule has 0 saturated heterocycles. The van der Waals surface area contributed by atoms with E-state index in [-0.39, 0.29) is 29.9 Å². The Morgan fingerprint density at radius 1 is 0.972 bits per heavy atom. The van der Waals surface area contributed by atoms with Crippen molar-refractivity contribution in [1.82, 2.24) is 10.6 Å². The molecule has 1 aliphatic rings. The summed E-state index contributed by atoms with van der Waals surface area (Å²) >= 11 is 0. The van der Waals surface area contributed by atoms with Crippen molar-refractivity contribution in [1.29, 1.82) is 0 Å². The Bertz CT molecular complexity index is 990. The molecule has 1 fully saturated rings. The van der Waals surface area contributed by atoms with E-state index < -0.39 is 17.6 Å². The van der Waals surface area contributed by atoms with Crippen molar-refractivity contribution in [3.63, 3.8) is 0 Å². The van der Waals surface area contributed by atoms with Crippen LogP contribution < -0.4 is 20.7 Å². The van der Waals surface area contributed by atoms with Crippen LogP contribution in [0.4, 0.5) is 18.9 Å². The summed E-state index contributed by atoms with van der Waals surface area (Å²) in [6.07, 6.45) is 1.15. The van der Waals surface area contributed by atoms with Gasteiger partial charge in [0.2, 0.25) is 5.91 Å². The highest BCUT2D eigenvalue weighted by Crippen LogP contribution is 2.32. The lowest BCUT2D eigenvalue weighted by Gasteiger charge is -2.29. The Labute approximate surface area is 210 Å². The van der Waals surface area contributed by atoms with E-state index in [0.717, 1.165) is 55.7 Å². The molecule has 2 aromatic carbocycles. The molecular formula is C27H34F3N3O3. The minimum atomic E-state index is -4.51. The number of carbonyl (C=O) groups excluding carboxylic acids is 2. The largest absolute Gasteiger partial charge is 0.497 e. The lowest BCUT2D eigenvalue weighted by atomic mass is 9.78. The number of hydrogen-bond donors (Lipinski definition) is 3. The van der Waals surface area contributed by atoms with E-state index >= 15 is 0 Å². The zero-order chi connectivity index (χ0) is 26.0. The Morgan fingerprint density at radius 2 is 1.69 bits per heavy atom. The van der Waals surface area contributed by atoms with Gasteiger partial charge >= 0.3 is 6.18 Å². The molecule has 6 nitrogen and oxygen atoms in total. The van der Waals surface area contributed by atoms with Crippen molar-refractivity contribution in [2.24, 2.45) is 11.8 Å². The van der Waals surface area contributed by atoms with Crippen LogP contribution in [0.25, 0.3) is 0 Å². The molecule has 0 aromatic heterocycles. The average Bonchev–Trinajstić information content (AvgIpc) is 2.89. The number of anilines is 1. The smallest absolute Gasteiger partial charge is 0.416 e. The van der Waals surface area contributed by atoms with Gasteiger partial charge in [0.1, 0.15) is 5.75 Å². The second-order valence-corrected chi connectivity index (χ2v) is 9.07. The molecule has 1 atom stereocenters. The maximum absolute atomic E-state index is 13.0. The zero-order valence-electron chi connectivity index (χ0n) is 20.5. The Morgan fingerprint density at radius 3 is 2.36 bits per heavy atom. The first-order valence-electron chi connectivity index (χ1n) is 12.4. The van der Waals surface area contributed by atoms with E-state index in [1.807, 2.05) is 24.3 Å². The van der Waals surface area contributed by atoms with Crippen LogP contribution in [0.1, 0.15) is 54.4 Å². The Kier molecular flexibility index (Phi) is 10.0. The molecule has 0 aliphatic heterocycles. The topological polar surface area (TPSA) is 79.5 Å². The van der Waals surface area contributed by atoms with Crippen LogP contribution in [0.3, 0.4) is 0 Å². The SMILES string of the molecule is COc1ccc(NCCNC(=O)C(CCNC(=O)c2cccc(C(F)(F)F)c2)C2CCCCC2)cc1. The molecule has 0 heterocycles. The summed E-state index contributed by atoms with van der Waals surface area (Å²) in [5.74, 6) is 0.121. The monoisotopic (exact) mass is 505 g/mol. The van der Waals surface area contributed by atoms with Crippen molar-refractivity contribution in [3.8, 4) is 5.75 Å². The maximum Gasteiger partial charge on any atom is 0.416 e. The third kappa shape index (κ3) is 8.17. The predicted molar refractivity (Wildman–Crippen MR) is 133 cm³/mol. The number of benzene rings is 2. The fourth-order valence-corrected chi connectivity index (χ4v) is 4.63. The Balaban J connectivity index is 1.50. The van der Waals surface area contributed by atoms with E-state index in [1.54, 1.807) is 7.11 Å². The van der Waals surface area contributed by atoms with E-state index in [0.29, 0.717) is 19.5 Å². The van der Waals surface area contributed by atoms with Crippen molar-refractivity contribution < 1.29 is 27.5 Å². The third-order valence-electron chi connectivity index (χ3n) is 6.59. The summed E-state index contributed by atoms with van der Waals surface area (Å²) in [7, 11) is 1.61. The van der Waals surface area contributed by atoms with Gasteiger partial charge in [-0.25, -0.2) is 0 Å². The lowest BCUT2D eigenvalue weighted by molar-refractivity contribution is -0.137. The average molecular weight is 506 g/mol. The molecule has 1 saturated carbocycles. The first-order chi connectivity index (χ1) is 17.3. The van der Waals surface area contributed by atoms with Gasteiger partial charge in [0.25, 0.3) is 5.91 Å². The number of halogens is 3. The minimum Gasteiger partial charge on any atom is -0.497 e. The lowest BCUT2D eigenvalue weighted by Crippen LogP contribution is -2.40. The highest BCUT2D eigenvalue weighted by molar-refractivity contribution is 5.94. The predicted octanol–water partition coefficient (Wildman–Crippen LogP) is 5.26. The van der Waals surface area contributed by atoms with Crippen LogP contribution in [-0.2, 0) is 11.0 Å². The quantitative estimate of drug-likeness (QED) is 0.364. The first kappa shape index (κ1) is 27.4. The van der Waals surface area contributed by atoms with Crippen LogP contribution >= 0.6 is 0 Å². The number of rotatable bonds is 11. The van der Waals surface area contributed by atoms with Crippen LogP contribution in [0.2, 0.25) is 0 Å². The molecule has 36 heavy (non-hydrogen) atoms. The fraction of sp³-hybridized carbons (Fsp3) is 0.481. The number of nitrogens with one attached hydrogen (secondary N) is 3. The van der Waals surface area contributed by atoms with Gasteiger partial charge in [0.15, 0.2) is 0 Å². The van der Waals surface area contributed by atoms with Crippen molar-refractivity contribution in [2.75, 3.05) is 32.1 Å². The van der Waals surface area contributed by atoms with E-state index in [4.69, 9.17) is 4.74 Å². The molecule has 3 N–H and O–H groups in total. The molecule has 0 bridgehead atoms. The van der Waals surface area contributed by atoms with Crippen LogP contribution in [0.15, 0.2) is 48.5 Å². The van der Waals surface area contributed by atoms with Gasteiger partial charge in [-0.15, -0.1) is 0 Å². The number of hydrogen-bond acceptors (Lipinski definition) is 4. The van der Waals surface area contributed by atoms with Crippen LogP contribution in [-0.4, -0.2) is 38.6 Å². The van der Waals surface area contributed by atoms with E-state index in [9.17, 15) is 22.8 Å². The van der Waals surface area contributed by atoms with Crippen molar-refractivity contribution in [2.45, 2.75) is 44.7 Å². The molecule has 9 heteroatoms. The molecule has 1 aliphatic carbocycles.